The van der Waals surface area contributed by atoms with Gasteiger partial charge in [0.15, 0.2) is 0 Å². The average molecular weight is 179 g/mol. The van der Waals surface area contributed by atoms with Crippen LogP contribution in [0.15, 0.2) is 24.5 Å². The Morgan fingerprint density at radius 3 is 3.00 bits per heavy atom. The highest BCUT2D eigenvalue weighted by molar-refractivity contribution is 7.15. The van der Waals surface area contributed by atoms with E-state index in [-0.39, 0.29) is 0 Å². The maximum atomic E-state index is 5.50. The summed E-state index contributed by atoms with van der Waals surface area (Å²) in [5.41, 5.74) is 5.50. The van der Waals surface area contributed by atoms with Gasteiger partial charge in [0.25, 0.3) is 0 Å². The lowest BCUT2D eigenvalue weighted by Gasteiger charge is -1.87. The molecule has 0 saturated carbocycles. The second-order valence-corrected chi connectivity index (χ2v) is 3.58. The van der Waals surface area contributed by atoms with Gasteiger partial charge in [-0.25, -0.2) is 4.98 Å². The first-order valence-electron chi connectivity index (χ1n) is 3.68. The molecular weight excluding hydrogens is 170 g/mol. The maximum Gasteiger partial charge on any atom is 0.147 e. The van der Waals surface area contributed by atoms with Gasteiger partial charge in [-0.3, -0.25) is 0 Å². The smallest absolute Gasteiger partial charge is 0.147 e. The van der Waals surface area contributed by atoms with Crippen LogP contribution in [-0.4, -0.2) is 9.97 Å². The Hall–Kier alpha value is -1.13. The van der Waals surface area contributed by atoms with Crippen molar-refractivity contribution in [3.63, 3.8) is 0 Å². The van der Waals surface area contributed by atoms with Gasteiger partial charge >= 0.3 is 0 Å². The molecule has 0 amide bonds. The van der Waals surface area contributed by atoms with Gasteiger partial charge in [0.1, 0.15) is 5.82 Å². The molecule has 12 heavy (non-hydrogen) atoms. The molecule has 0 atom stereocenters. The van der Waals surface area contributed by atoms with Crippen molar-refractivity contribution < 1.29 is 0 Å². The van der Waals surface area contributed by atoms with E-state index in [0.717, 1.165) is 10.7 Å². The number of imidazole rings is 1. The number of nitrogens with zero attached hydrogens (tertiary/aromatic N) is 1. The minimum atomic E-state index is 0.603. The van der Waals surface area contributed by atoms with Gasteiger partial charge in [-0.05, 0) is 12.1 Å². The van der Waals surface area contributed by atoms with E-state index < -0.39 is 0 Å². The third-order valence-electron chi connectivity index (χ3n) is 1.59. The van der Waals surface area contributed by atoms with Crippen LogP contribution in [0.25, 0.3) is 10.7 Å². The standard InChI is InChI=1S/C8H9N3S/c9-5-6-1-2-7(12-6)8-10-3-4-11-8/h1-4H,5,9H2,(H,10,11). The van der Waals surface area contributed by atoms with E-state index in [2.05, 4.69) is 9.97 Å². The molecule has 0 saturated heterocycles. The Morgan fingerprint density at radius 1 is 1.50 bits per heavy atom. The summed E-state index contributed by atoms with van der Waals surface area (Å²) in [5, 5.41) is 0. The number of thiophene rings is 1. The van der Waals surface area contributed by atoms with E-state index in [9.17, 15) is 0 Å². The summed E-state index contributed by atoms with van der Waals surface area (Å²) < 4.78 is 0. The number of nitrogens with one attached hydrogen (secondary N) is 1. The molecule has 0 spiro atoms. The quantitative estimate of drug-likeness (QED) is 0.735. The summed E-state index contributed by atoms with van der Waals surface area (Å²) in [5.74, 6) is 0.916. The van der Waals surface area contributed by atoms with Crippen LogP contribution in [0.2, 0.25) is 0 Å². The molecule has 0 aliphatic rings. The Balaban J connectivity index is 2.35. The lowest BCUT2D eigenvalue weighted by Crippen LogP contribution is -1.91. The summed E-state index contributed by atoms with van der Waals surface area (Å²) in [6, 6.07) is 4.06. The molecule has 0 radical (unpaired) electrons. The van der Waals surface area contributed by atoms with E-state index in [1.807, 2.05) is 18.3 Å². The normalized spacial score (nSPS) is 10.4. The van der Waals surface area contributed by atoms with Crippen LogP contribution >= 0.6 is 11.3 Å². The number of hydrogen-bond donors (Lipinski definition) is 2. The fourth-order valence-electron chi connectivity index (χ4n) is 1.01. The van der Waals surface area contributed by atoms with Crippen LogP contribution in [0.4, 0.5) is 0 Å². The largest absolute Gasteiger partial charge is 0.344 e. The molecule has 0 bridgehead atoms. The maximum absolute atomic E-state index is 5.50. The van der Waals surface area contributed by atoms with E-state index in [4.69, 9.17) is 5.73 Å². The molecule has 62 valence electrons. The van der Waals surface area contributed by atoms with Crippen LogP contribution in [0, 0.1) is 0 Å². The topological polar surface area (TPSA) is 54.7 Å². The van der Waals surface area contributed by atoms with Crippen LogP contribution in [-0.2, 0) is 6.54 Å². The van der Waals surface area contributed by atoms with Gasteiger partial charge in [-0.1, -0.05) is 0 Å². The van der Waals surface area contributed by atoms with Crippen LogP contribution < -0.4 is 5.73 Å². The molecule has 0 fully saturated rings. The third kappa shape index (κ3) is 1.26. The first-order valence-corrected chi connectivity index (χ1v) is 4.50. The highest BCUT2D eigenvalue weighted by Crippen LogP contribution is 2.24. The summed E-state index contributed by atoms with van der Waals surface area (Å²) in [4.78, 5) is 9.52. The van der Waals surface area contributed by atoms with E-state index in [0.29, 0.717) is 6.54 Å². The van der Waals surface area contributed by atoms with Crippen LogP contribution in [0.3, 0.4) is 0 Å². The summed E-state index contributed by atoms with van der Waals surface area (Å²) in [6.07, 6.45) is 3.56. The molecule has 2 aromatic rings. The highest BCUT2D eigenvalue weighted by atomic mass is 32.1. The number of nitrogens with two attached hydrogens (primary N) is 1. The van der Waals surface area contributed by atoms with Crippen molar-refractivity contribution in [2.75, 3.05) is 0 Å². The van der Waals surface area contributed by atoms with Crippen LogP contribution in [0.1, 0.15) is 4.88 Å². The summed E-state index contributed by atoms with van der Waals surface area (Å²) in [7, 11) is 0. The fourth-order valence-corrected chi connectivity index (χ4v) is 1.86. The van der Waals surface area contributed by atoms with Crippen molar-refractivity contribution in [2.24, 2.45) is 5.73 Å². The first-order chi connectivity index (χ1) is 5.90. The zero-order chi connectivity index (χ0) is 8.39. The fraction of sp³-hybridized carbons (Fsp3) is 0.125. The summed E-state index contributed by atoms with van der Waals surface area (Å²) >= 11 is 1.67. The Morgan fingerprint density at radius 2 is 2.42 bits per heavy atom. The summed E-state index contributed by atoms with van der Waals surface area (Å²) in [6.45, 7) is 0.603. The number of rotatable bonds is 2. The van der Waals surface area contributed by atoms with Crippen LogP contribution in [0.5, 0.6) is 0 Å². The molecule has 0 aliphatic heterocycles. The number of aromatic amines is 1. The van der Waals surface area contributed by atoms with Crippen molar-refractivity contribution in [2.45, 2.75) is 6.54 Å². The second kappa shape index (κ2) is 3.08. The van der Waals surface area contributed by atoms with Gasteiger partial charge in [-0.2, -0.15) is 0 Å². The average Bonchev–Trinajstić information content (AvgIpc) is 2.75. The zero-order valence-corrected chi connectivity index (χ0v) is 7.27. The lowest BCUT2D eigenvalue weighted by molar-refractivity contribution is 1.11. The van der Waals surface area contributed by atoms with Gasteiger partial charge in [0.2, 0.25) is 0 Å². The Kier molecular flexibility index (Phi) is 1.93. The SMILES string of the molecule is NCc1ccc(-c2ncc[nH]2)s1. The molecule has 0 aromatic carbocycles. The molecule has 3 nitrogen and oxygen atoms in total. The minimum Gasteiger partial charge on any atom is -0.344 e. The number of H-pyrrole nitrogens is 1. The molecule has 3 N–H and O–H groups in total. The number of hydrogen-bond acceptors (Lipinski definition) is 3. The number of aromatic nitrogens is 2. The van der Waals surface area contributed by atoms with Gasteiger partial charge in [-0.15, -0.1) is 11.3 Å². The van der Waals surface area contributed by atoms with E-state index in [1.54, 1.807) is 17.5 Å². The zero-order valence-electron chi connectivity index (χ0n) is 6.45. The van der Waals surface area contributed by atoms with Crippen molar-refractivity contribution in [1.82, 2.24) is 9.97 Å². The van der Waals surface area contributed by atoms with E-state index >= 15 is 0 Å². The molecule has 4 heteroatoms. The molecule has 2 aromatic heterocycles. The molecular formula is C8H9N3S. The van der Waals surface area contributed by atoms with Crippen molar-refractivity contribution >= 4 is 11.3 Å². The minimum absolute atomic E-state index is 0.603. The second-order valence-electron chi connectivity index (χ2n) is 2.41. The Bertz CT molecular complexity index is 350. The monoisotopic (exact) mass is 179 g/mol. The van der Waals surface area contributed by atoms with E-state index in [1.165, 1.54) is 4.88 Å². The predicted molar refractivity (Wildman–Crippen MR) is 49.8 cm³/mol. The van der Waals surface area contributed by atoms with Gasteiger partial charge in [0.05, 0.1) is 4.88 Å². The van der Waals surface area contributed by atoms with Crippen molar-refractivity contribution in [3.8, 4) is 10.7 Å². The third-order valence-corrected chi connectivity index (χ3v) is 2.71. The van der Waals surface area contributed by atoms with Crippen molar-refractivity contribution in [1.29, 1.82) is 0 Å². The predicted octanol–water partition coefficient (Wildman–Crippen LogP) is 1.60. The van der Waals surface area contributed by atoms with Gasteiger partial charge in [0, 0.05) is 23.8 Å². The highest BCUT2D eigenvalue weighted by Gasteiger charge is 2.02. The Labute approximate surface area is 74.3 Å². The lowest BCUT2D eigenvalue weighted by atomic mass is 10.4. The van der Waals surface area contributed by atoms with Crippen molar-refractivity contribution in [3.05, 3.63) is 29.4 Å². The molecule has 0 unspecified atom stereocenters. The molecule has 2 heterocycles. The molecule has 0 aliphatic carbocycles. The van der Waals surface area contributed by atoms with Gasteiger partial charge < -0.3 is 10.7 Å². The molecule has 2 rings (SSSR count). The first kappa shape index (κ1) is 7.52.